The van der Waals surface area contributed by atoms with Gasteiger partial charge in [-0.2, -0.15) is 5.10 Å². The number of nitrogens with one attached hydrogen (secondary N) is 1. The fourth-order valence-electron chi connectivity index (χ4n) is 4.39. The molecule has 4 rings (SSSR count). The molecule has 2 aromatic rings. The van der Waals surface area contributed by atoms with E-state index in [0.717, 1.165) is 24.9 Å². The minimum Gasteiger partial charge on any atom is -0.353 e. The average Bonchev–Trinajstić information content (AvgIpc) is 3.29. The third-order valence-corrected chi connectivity index (χ3v) is 5.84. The molecule has 1 aliphatic carbocycles. The third kappa shape index (κ3) is 3.80. The van der Waals surface area contributed by atoms with Crippen LogP contribution >= 0.6 is 0 Å². The molecule has 1 fully saturated rings. The zero-order chi connectivity index (χ0) is 19.7. The highest BCUT2D eigenvalue weighted by Crippen LogP contribution is 2.28. The molecule has 2 aliphatic rings. The van der Waals surface area contributed by atoms with Crippen molar-refractivity contribution < 1.29 is 9.59 Å². The van der Waals surface area contributed by atoms with Crippen LogP contribution in [0.15, 0.2) is 36.7 Å². The highest BCUT2D eigenvalue weighted by Gasteiger charge is 2.38. The summed E-state index contributed by atoms with van der Waals surface area (Å²) >= 11 is 0. The van der Waals surface area contributed by atoms with E-state index in [2.05, 4.69) is 39.6 Å². The molecule has 0 bridgehead atoms. The summed E-state index contributed by atoms with van der Waals surface area (Å²) in [5.41, 5.74) is 3.70. The molecular weight excluding hydrogens is 354 g/mol. The number of carbonyl (C=O) groups is 2. The number of hydrogen-bond donors (Lipinski definition) is 1. The predicted octanol–water partition coefficient (Wildman–Crippen LogP) is 0.736. The van der Waals surface area contributed by atoms with Crippen LogP contribution in [-0.2, 0) is 36.0 Å². The van der Waals surface area contributed by atoms with Crippen LogP contribution in [0, 0.1) is 0 Å². The standard InChI is InChI=1S/C21H27N5O2/c1-24(13-15-12-23-25(2)14-15)20(27)11-19-21(28)22-7-8-26(19)18-9-16-5-3-4-6-17(16)10-18/h3-6,12,14,18-19H,7-11,13H2,1-2H3,(H,22,28)/t19-/m1/s1. The summed E-state index contributed by atoms with van der Waals surface area (Å²) in [5.74, 6) is -0.0586. The van der Waals surface area contributed by atoms with Gasteiger partial charge in [0.1, 0.15) is 0 Å². The van der Waals surface area contributed by atoms with Gasteiger partial charge in [-0.25, -0.2) is 0 Å². The largest absolute Gasteiger partial charge is 0.353 e. The number of hydrogen-bond acceptors (Lipinski definition) is 4. The number of amides is 2. The Hall–Kier alpha value is -2.67. The Morgan fingerprint density at radius 3 is 2.64 bits per heavy atom. The van der Waals surface area contributed by atoms with Crippen LogP contribution in [0.2, 0.25) is 0 Å². The smallest absolute Gasteiger partial charge is 0.237 e. The first-order valence-electron chi connectivity index (χ1n) is 9.83. The van der Waals surface area contributed by atoms with Crippen LogP contribution in [0.25, 0.3) is 0 Å². The van der Waals surface area contributed by atoms with Gasteiger partial charge in [0.05, 0.1) is 18.7 Å². The Labute approximate surface area is 165 Å². The van der Waals surface area contributed by atoms with Gasteiger partial charge in [0.25, 0.3) is 0 Å². The molecule has 28 heavy (non-hydrogen) atoms. The molecule has 1 saturated heterocycles. The molecule has 0 unspecified atom stereocenters. The maximum atomic E-state index is 12.8. The Bertz CT molecular complexity index is 852. The maximum Gasteiger partial charge on any atom is 0.237 e. The van der Waals surface area contributed by atoms with Crippen LogP contribution < -0.4 is 5.32 Å². The minimum atomic E-state index is -0.406. The summed E-state index contributed by atoms with van der Waals surface area (Å²) in [6.45, 7) is 1.92. The van der Waals surface area contributed by atoms with Gasteiger partial charge in [0, 0.05) is 51.5 Å². The van der Waals surface area contributed by atoms with Gasteiger partial charge >= 0.3 is 0 Å². The molecule has 0 radical (unpaired) electrons. The first kappa shape index (κ1) is 18.7. The van der Waals surface area contributed by atoms with Gasteiger partial charge < -0.3 is 10.2 Å². The van der Waals surface area contributed by atoms with E-state index in [1.54, 1.807) is 22.8 Å². The summed E-state index contributed by atoms with van der Waals surface area (Å²) in [4.78, 5) is 29.4. The molecule has 1 aliphatic heterocycles. The lowest BCUT2D eigenvalue weighted by Crippen LogP contribution is -2.59. The second kappa shape index (κ2) is 7.75. The molecule has 1 aromatic heterocycles. The summed E-state index contributed by atoms with van der Waals surface area (Å²) in [5, 5.41) is 7.09. The molecule has 1 N–H and O–H groups in total. The van der Waals surface area contributed by atoms with Crippen LogP contribution in [-0.4, -0.2) is 63.6 Å². The molecule has 148 valence electrons. The van der Waals surface area contributed by atoms with Crippen molar-refractivity contribution in [2.45, 2.75) is 37.9 Å². The van der Waals surface area contributed by atoms with Crippen molar-refractivity contribution in [3.05, 3.63) is 53.3 Å². The number of piperazine rings is 1. The Balaban J connectivity index is 1.43. The van der Waals surface area contributed by atoms with Crippen molar-refractivity contribution in [2.24, 2.45) is 7.05 Å². The van der Waals surface area contributed by atoms with Gasteiger partial charge in [-0.3, -0.25) is 19.2 Å². The fourth-order valence-corrected chi connectivity index (χ4v) is 4.39. The number of aryl methyl sites for hydroxylation is 1. The summed E-state index contributed by atoms with van der Waals surface area (Å²) < 4.78 is 1.72. The SMILES string of the molecule is CN(Cc1cnn(C)c1)C(=O)C[C@@H]1C(=O)NCCN1C1Cc2ccccc2C1. The van der Waals surface area contributed by atoms with Gasteiger partial charge in [-0.1, -0.05) is 24.3 Å². The number of nitrogens with zero attached hydrogens (tertiary/aromatic N) is 4. The first-order chi connectivity index (χ1) is 13.5. The summed E-state index contributed by atoms with van der Waals surface area (Å²) in [6.07, 6.45) is 5.76. The second-order valence-corrected chi connectivity index (χ2v) is 7.85. The van der Waals surface area contributed by atoms with Crippen molar-refractivity contribution in [1.29, 1.82) is 0 Å². The van der Waals surface area contributed by atoms with E-state index in [1.165, 1.54) is 11.1 Å². The van der Waals surface area contributed by atoms with Crippen LogP contribution in [0.3, 0.4) is 0 Å². The molecule has 1 aromatic carbocycles. The van der Waals surface area contributed by atoms with Crippen molar-refractivity contribution >= 4 is 11.8 Å². The van der Waals surface area contributed by atoms with E-state index < -0.39 is 6.04 Å². The van der Waals surface area contributed by atoms with Gasteiger partial charge in [0.2, 0.25) is 11.8 Å². The number of aromatic nitrogens is 2. The number of rotatable bonds is 5. The Kier molecular flexibility index (Phi) is 5.17. The second-order valence-electron chi connectivity index (χ2n) is 7.85. The van der Waals surface area contributed by atoms with Crippen LogP contribution in [0.5, 0.6) is 0 Å². The van der Waals surface area contributed by atoms with E-state index in [4.69, 9.17) is 0 Å². The highest BCUT2D eigenvalue weighted by atomic mass is 16.2. The highest BCUT2D eigenvalue weighted by molar-refractivity contribution is 5.88. The summed E-state index contributed by atoms with van der Waals surface area (Å²) in [7, 11) is 3.64. The van der Waals surface area contributed by atoms with E-state index in [1.807, 2.05) is 13.2 Å². The average molecular weight is 381 g/mol. The van der Waals surface area contributed by atoms with E-state index >= 15 is 0 Å². The molecule has 7 heteroatoms. The lowest BCUT2D eigenvalue weighted by atomic mass is 10.0. The van der Waals surface area contributed by atoms with Gasteiger partial charge in [0.15, 0.2) is 0 Å². The fraction of sp³-hybridized carbons (Fsp3) is 0.476. The van der Waals surface area contributed by atoms with Crippen molar-refractivity contribution in [3.63, 3.8) is 0 Å². The normalized spacial score (nSPS) is 20.1. The number of fused-ring (bicyclic) bond motifs is 1. The zero-order valence-corrected chi connectivity index (χ0v) is 16.5. The van der Waals surface area contributed by atoms with Crippen molar-refractivity contribution in [2.75, 3.05) is 20.1 Å². The molecule has 2 heterocycles. The lowest BCUT2D eigenvalue weighted by Gasteiger charge is -2.39. The Morgan fingerprint density at radius 1 is 1.29 bits per heavy atom. The third-order valence-electron chi connectivity index (χ3n) is 5.84. The molecule has 2 amide bonds. The Morgan fingerprint density at radius 2 is 2.00 bits per heavy atom. The monoisotopic (exact) mass is 381 g/mol. The van der Waals surface area contributed by atoms with E-state index in [9.17, 15) is 9.59 Å². The van der Waals surface area contributed by atoms with Crippen LogP contribution in [0.1, 0.15) is 23.1 Å². The summed E-state index contributed by atoms with van der Waals surface area (Å²) in [6, 6.07) is 8.35. The van der Waals surface area contributed by atoms with Crippen molar-refractivity contribution in [1.82, 2.24) is 24.9 Å². The van der Waals surface area contributed by atoms with Crippen molar-refractivity contribution in [3.8, 4) is 0 Å². The molecule has 1 atom stereocenters. The van der Waals surface area contributed by atoms with E-state index in [0.29, 0.717) is 13.1 Å². The molecule has 7 nitrogen and oxygen atoms in total. The van der Waals surface area contributed by atoms with Gasteiger partial charge in [-0.05, 0) is 24.0 Å². The first-order valence-corrected chi connectivity index (χ1v) is 9.83. The zero-order valence-electron chi connectivity index (χ0n) is 16.5. The topological polar surface area (TPSA) is 70.5 Å². The van der Waals surface area contributed by atoms with Crippen LogP contribution in [0.4, 0.5) is 0 Å². The van der Waals surface area contributed by atoms with Gasteiger partial charge in [-0.15, -0.1) is 0 Å². The molecule has 0 saturated carbocycles. The molecule has 0 spiro atoms. The number of carbonyl (C=O) groups excluding carboxylic acids is 2. The molecular formula is C21H27N5O2. The number of benzene rings is 1. The minimum absolute atomic E-state index is 0.0218. The van der Waals surface area contributed by atoms with E-state index in [-0.39, 0.29) is 24.3 Å². The quantitative estimate of drug-likeness (QED) is 0.829. The maximum absolute atomic E-state index is 12.8. The predicted molar refractivity (Wildman–Crippen MR) is 105 cm³/mol. The lowest BCUT2D eigenvalue weighted by molar-refractivity contribution is -0.139.